The Labute approximate surface area is 112 Å². The number of aliphatic imine (C=N–C) groups is 1. The quantitative estimate of drug-likeness (QED) is 0.827. The molecule has 0 aliphatic carbocycles. The number of hydrogen-bond donors (Lipinski definition) is 1. The maximum Gasteiger partial charge on any atom is 0.240 e. The molecule has 98 valence electrons. The number of carbonyl (C=O) groups is 1. The van der Waals surface area contributed by atoms with Crippen LogP contribution in [0, 0.1) is 5.41 Å². The van der Waals surface area contributed by atoms with E-state index >= 15 is 0 Å². The molecule has 1 fully saturated rings. The number of para-hydroxylation sites is 2. The normalized spacial score (nSPS) is 28.4. The van der Waals surface area contributed by atoms with Crippen molar-refractivity contribution in [2.45, 2.75) is 25.9 Å². The summed E-state index contributed by atoms with van der Waals surface area (Å²) in [6.07, 6.45) is 2.93. The standard InChI is InChI=1S/C15H16N2O2/c1-3-8-15-9-10(2)19-14(15)17-12-7-5-4-6-11(12)16-13(15)18/h3-7,10H,1,8-9H2,2H3,(H,16,18)/t10-,15-/m0/s1. The van der Waals surface area contributed by atoms with E-state index in [9.17, 15) is 4.79 Å². The summed E-state index contributed by atoms with van der Waals surface area (Å²) in [6, 6.07) is 7.50. The maximum absolute atomic E-state index is 12.6. The number of rotatable bonds is 2. The molecule has 1 N–H and O–H groups in total. The average molecular weight is 256 g/mol. The van der Waals surface area contributed by atoms with Crippen molar-refractivity contribution in [3.8, 4) is 0 Å². The van der Waals surface area contributed by atoms with Crippen molar-refractivity contribution in [1.29, 1.82) is 0 Å². The van der Waals surface area contributed by atoms with E-state index in [0.717, 1.165) is 11.4 Å². The fraction of sp³-hybridized carbons (Fsp3) is 0.333. The molecule has 19 heavy (non-hydrogen) atoms. The first-order valence-electron chi connectivity index (χ1n) is 6.43. The molecule has 0 radical (unpaired) electrons. The van der Waals surface area contributed by atoms with Gasteiger partial charge >= 0.3 is 0 Å². The zero-order valence-corrected chi connectivity index (χ0v) is 10.8. The van der Waals surface area contributed by atoms with Crippen LogP contribution in [0.1, 0.15) is 19.8 Å². The third-order valence-corrected chi connectivity index (χ3v) is 3.66. The van der Waals surface area contributed by atoms with E-state index in [1.165, 1.54) is 0 Å². The van der Waals surface area contributed by atoms with Crippen molar-refractivity contribution in [3.63, 3.8) is 0 Å². The first kappa shape index (κ1) is 12.0. The Morgan fingerprint density at radius 1 is 1.58 bits per heavy atom. The van der Waals surface area contributed by atoms with E-state index in [0.29, 0.717) is 18.7 Å². The molecule has 1 aromatic carbocycles. The van der Waals surface area contributed by atoms with Crippen LogP contribution < -0.4 is 5.32 Å². The summed E-state index contributed by atoms with van der Waals surface area (Å²) >= 11 is 0. The van der Waals surface area contributed by atoms with Crippen LogP contribution in [0.3, 0.4) is 0 Å². The molecule has 4 heteroatoms. The van der Waals surface area contributed by atoms with E-state index in [1.807, 2.05) is 31.2 Å². The molecular weight excluding hydrogens is 240 g/mol. The summed E-state index contributed by atoms with van der Waals surface area (Å²) in [5.41, 5.74) is 0.764. The second-order valence-corrected chi connectivity index (χ2v) is 5.10. The third kappa shape index (κ3) is 1.75. The lowest BCUT2D eigenvalue weighted by Gasteiger charge is -2.22. The van der Waals surface area contributed by atoms with Crippen molar-refractivity contribution in [1.82, 2.24) is 0 Å². The lowest BCUT2D eigenvalue weighted by atomic mass is 9.80. The van der Waals surface area contributed by atoms with Crippen molar-refractivity contribution in [2.75, 3.05) is 5.32 Å². The van der Waals surface area contributed by atoms with Crippen molar-refractivity contribution in [3.05, 3.63) is 36.9 Å². The molecule has 0 saturated carbocycles. The number of hydrogen-bond acceptors (Lipinski definition) is 3. The molecule has 0 unspecified atom stereocenters. The molecule has 0 bridgehead atoms. The summed E-state index contributed by atoms with van der Waals surface area (Å²) in [7, 11) is 0. The van der Waals surface area contributed by atoms with Crippen LogP contribution in [-0.4, -0.2) is 17.9 Å². The number of amides is 1. The summed E-state index contributed by atoms with van der Waals surface area (Å²) < 4.78 is 5.77. The Kier molecular flexibility index (Phi) is 2.66. The molecule has 1 amide bonds. The second-order valence-electron chi connectivity index (χ2n) is 5.10. The molecule has 2 aliphatic heterocycles. The zero-order valence-electron chi connectivity index (χ0n) is 10.8. The van der Waals surface area contributed by atoms with Crippen LogP contribution in [0.4, 0.5) is 11.4 Å². The molecule has 3 rings (SSSR count). The number of ether oxygens (including phenoxy) is 1. The largest absolute Gasteiger partial charge is 0.477 e. The van der Waals surface area contributed by atoms with Crippen molar-refractivity contribution < 1.29 is 9.53 Å². The van der Waals surface area contributed by atoms with Gasteiger partial charge in [0.1, 0.15) is 5.41 Å². The molecule has 2 aliphatic rings. The number of carbonyl (C=O) groups excluding carboxylic acids is 1. The van der Waals surface area contributed by atoms with E-state index in [1.54, 1.807) is 6.08 Å². The third-order valence-electron chi connectivity index (χ3n) is 3.66. The molecular formula is C15H16N2O2. The minimum atomic E-state index is -0.708. The van der Waals surface area contributed by atoms with Gasteiger partial charge in [0.2, 0.25) is 11.8 Å². The van der Waals surface area contributed by atoms with Crippen molar-refractivity contribution in [2.24, 2.45) is 10.4 Å². The van der Waals surface area contributed by atoms with Crippen LogP contribution in [-0.2, 0) is 9.53 Å². The lowest BCUT2D eigenvalue weighted by Crippen LogP contribution is -2.39. The number of nitrogens with one attached hydrogen (secondary N) is 1. The van der Waals surface area contributed by atoms with Crippen LogP contribution >= 0.6 is 0 Å². The van der Waals surface area contributed by atoms with Crippen LogP contribution in [0.25, 0.3) is 0 Å². The van der Waals surface area contributed by atoms with Crippen molar-refractivity contribution >= 4 is 23.2 Å². The Hall–Kier alpha value is -2.10. The first-order valence-corrected chi connectivity index (χ1v) is 6.43. The number of anilines is 1. The highest BCUT2D eigenvalue weighted by atomic mass is 16.5. The van der Waals surface area contributed by atoms with Gasteiger partial charge in [0, 0.05) is 6.42 Å². The molecule has 2 heterocycles. The molecule has 0 aromatic heterocycles. The van der Waals surface area contributed by atoms with Crippen LogP contribution in [0.15, 0.2) is 41.9 Å². The van der Waals surface area contributed by atoms with E-state index in [4.69, 9.17) is 4.74 Å². The predicted molar refractivity (Wildman–Crippen MR) is 74.6 cm³/mol. The van der Waals surface area contributed by atoms with Gasteiger partial charge in [0.25, 0.3) is 0 Å². The molecule has 1 aromatic rings. The fourth-order valence-electron chi connectivity index (χ4n) is 2.78. The Morgan fingerprint density at radius 2 is 2.37 bits per heavy atom. The SMILES string of the molecule is C=CC[C@@]12C[C@H](C)OC1=Nc1ccccc1NC2=O. The number of benzene rings is 1. The second kappa shape index (κ2) is 4.23. The zero-order chi connectivity index (χ0) is 13.5. The lowest BCUT2D eigenvalue weighted by molar-refractivity contribution is -0.122. The molecule has 1 saturated heterocycles. The Balaban J connectivity index is 2.15. The van der Waals surface area contributed by atoms with E-state index in [-0.39, 0.29) is 12.0 Å². The number of nitrogens with zero attached hydrogens (tertiary/aromatic N) is 1. The smallest absolute Gasteiger partial charge is 0.240 e. The highest BCUT2D eigenvalue weighted by Crippen LogP contribution is 2.44. The van der Waals surface area contributed by atoms with Gasteiger partial charge in [-0.15, -0.1) is 6.58 Å². The topological polar surface area (TPSA) is 50.7 Å². The van der Waals surface area contributed by atoms with E-state index < -0.39 is 5.41 Å². The molecule has 4 nitrogen and oxygen atoms in total. The van der Waals surface area contributed by atoms with Crippen LogP contribution in [0.2, 0.25) is 0 Å². The highest BCUT2D eigenvalue weighted by molar-refractivity contribution is 6.15. The Bertz CT molecular complexity index is 579. The van der Waals surface area contributed by atoms with Gasteiger partial charge in [-0.3, -0.25) is 4.79 Å². The Morgan fingerprint density at radius 3 is 3.16 bits per heavy atom. The van der Waals surface area contributed by atoms with Gasteiger partial charge in [-0.2, -0.15) is 0 Å². The average Bonchev–Trinajstić information content (AvgIpc) is 2.64. The molecule has 0 spiro atoms. The minimum absolute atomic E-state index is 0.00490. The van der Waals surface area contributed by atoms with E-state index in [2.05, 4.69) is 16.9 Å². The van der Waals surface area contributed by atoms with Gasteiger partial charge < -0.3 is 10.1 Å². The highest BCUT2D eigenvalue weighted by Gasteiger charge is 2.52. The monoisotopic (exact) mass is 256 g/mol. The van der Waals surface area contributed by atoms with Gasteiger partial charge in [-0.05, 0) is 25.5 Å². The minimum Gasteiger partial charge on any atom is -0.477 e. The summed E-state index contributed by atoms with van der Waals surface area (Å²) in [6.45, 7) is 5.72. The number of allylic oxidation sites excluding steroid dienone is 1. The first-order chi connectivity index (χ1) is 9.15. The van der Waals surface area contributed by atoms with Gasteiger partial charge in [-0.1, -0.05) is 18.2 Å². The van der Waals surface area contributed by atoms with Gasteiger partial charge in [0.15, 0.2) is 0 Å². The van der Waals surface area contributed by atoms with Gasteiger partial charge in [0.05, 0.1) is 17.5 Å². The number of fused-ring (bicyclic) bond motifs is 2. The summed E-state index contributed by atoms with van der Waals surface area (Å²) in [5.74, 6) is 0.461. The summed E-state index contributed by atoms with van der Waals surface area (Å²) in [4.78, 5) is 17.2. The predicted octanol–water partition coefficient (Wildman–Crippen LogP) is 3.04. The maximum atomic E-state index is 12.6. The van der Waals surface area contributed by atoms with Gasteiger partial charge in [-0.25, -0.2) is 4.99 Å². The molecule has 2 atom stereocenters. The fourth-order valence-corrected chi connectivity index (χ4v) is 2.78. The van der Waals surface area contributed by atoms with Crippen LogP contribution in [0.5, 0.6) is 0 Å². The summed E-state index contributed by atoms with van der Waals surface area (Å²) in [5, 5.41) is 2.96.